The highest BCUT2D eigenvalue weighted by molar-refractivity contribution is 5.80. The van der Waals surface area contributed by atoms with Crippen molar-refractivity contribution in [1.82, 2.24) is 5.32 Å². The number of nitrogens with one attached hydrogen (secondary N) is 1. The van der Waals surface area contributed by atoms with Gasteiger partial charge in [-0.1, -0.05) is 72.6 Å². The first-order valence-corrected chi connectivity index (χ1v) is 15.8. The number of fused-ring (bicyclic) bond motifs is 1. The van der Waals surface area contributed by atoms with Gasteiger partial charge in [-0.25, -0.2) is 4.79 Å². The van der Waals surface area contributed by atoms with Crippen LogP contribution < -0.4 is 14.8 Å². The van der Waals surface area contributed by atoms with Crippen LogP contribution in [0, 0.1) is 38.5 Å². The first-order chi connectivity index (χ1) is 18.0. The molecule has 2 aliphatic heterocycles. The van der Waals surface area contributed by atoms with Gasteiger partial charge in [-0.2, -0.15) is 0 Å². The highest BCUT2D eigenvalue weighted by atomic mass is 16.5. The highest BCUT2D eigenvalue weighted by Crippen LogP contribution is 2.45. The van der Waals surface area contributed by atoms with Crippen LogP contribution in [0.4, 0.5) is 0 Å². The molecule has 38 heavy (non-hydrogen) atoms. The highest BCUT2D eigenvalue weighted by Gasteiger charge is 2.35. The van der Waals surface area contributed by atoms with Gasteiger partial charge >= 0.3 is 5.97 Å². The van der Waals surface area contributed by atoms with Crippen LogP contribution >= 0.6 is 0 Å². The zero-order valence-corrected chi connectivity index (χ0v) is 25.9. The molecule has 1 N–H and O–H groups in total. The largest absolute Gasteiger partial charge is 0.487 e. The van der Waals surface area contributed by atoms with Crippen molar-refractivity contribution >= 4 is 5.97 Å². The van der Waals surface area contributed by atoms with Gasteiger partial charge in [0.2, 0.25) is 0 Å². The number of esters is 1. The summed E-state index contributed by atoms with van der Waals surface area (Å²) in [5.74, 6) is 4.12. The number of hydrogen-bond acceptors (Lipinski definition) is 4. The molecule has 2 heterocycles. The summed E-state index contributed by atoms with van der Waals surface area (Å²) in [7, 11) is 0. The maximum Gasteiger partial charge on any atom is 0.328 e. The Kier molecular flexibility index (Phi) is 11.6. The van der Waals surface area contributed by atoms with Crippen LogP contribution in [0.15, 0.2) is 0 Å². The summed E-state index contributed by atoms with van der Waals surface area (Å²) in [6.45, 7) is 19.0. The first-order valence-electron chi connectivity index (χ1n) is 15.8. The summed E-state index contributed by atoms with van der Waals surface area (Å²) in [6, 6.07) is -0.176. The minimum Gasteiger partial charge on any atom is -0.487 e. The van der Waals surface area contributed by atoms with Gasteiger partial charge in [-0.05, 0) is 107 Å². The molecular formula is C34H57NO3. The number of rotatable bonds is 14. The molecule has 0 spiro atoms. The van der Waals surface area contributed by atoms with E-state index in [9.17, 15) is 4.79 Å². The van der Waals surface area contributed by atoms with Gasteiger partial charge in [0, 0.05) is 5.56 Å². The molecule has 0 aliphatic carbocycles. The second kappa shape index (κ2) is 14.2. The van der Waals surface area contributed by atoms with E-state index in [-0.39, 0.29) is 17.6 Å². The Morgan fingerprint density at radius 1 is 0.947 bits per heavy atom. The number of benzene rings is 1. The third-order valence-corrected chi connectivity index (χ3v) is 9.39. The van der Waals surface area contributed by atoms with E-state index in [1.54, 1.807) is 0 Å². The van der Waals surface area contributed by atoms with Crippen molar-refractivity contribution in [2.75, 3.05) is 6.54 Å². The second-order valence-corrected chi connectivity index (χ2v) is 13.5. The van der Waals surface area contributed by atoms with E-state index < -0.39 is 0 Å². The molecule has 3 rings (SSSR count). The van der Waals surface area contributed by atoms with Crippen LogP contribution in [0.5, 0.6) is 11.5 Å². The lowest BCUT2D eigenvalue weighted by Gasteiger charge is -2.38. The molecule has 0 radical (unpaired) electrons. The average Bonchev–Trinajstić information content (AvgIpc) is 3.40. The Morgan fingerprint density at radius 3 is 2.18 bits per heavy atom. The Hall–Kier alpha value is -1.55. The zero-order valence-electron chi connectivity index (χ0n) is 25.9. The molecule has 1 saturated heterocycles. The smallest absolute Gasteiger partial charge is 0.328 e. The lowest BCUT2D eigenvalue weighted by molar-refractivity contribution is -0.136. The summed E-state index contributed by atoms with van der Waals surface area (Å²) < 4.78 is 12.7. The minimum atomic E-state index is -0.176. The zero-order chi connectivity index (χ0) is 27.9. The monoisotopic (exact) mass is 527 g/mol. The average molecular weight is 528 g/mol. The maximum atomic E-state index is 12.7. The van der Waals surface area contributed by atoms with E-state index in [2.05, 4.69) is 60.7 Å². The fourth-order valence-corrected chi connectivity index (χ4v) is 6.47. The summed E-state index contributed by atoms with van der Waals surface area (Å²) >= 11 is 0. The molecule has 0 bridgehead atoms. The van der Waals surface area contributed by atoms with E-state index in [0.29, 0.717) is 0 Å². The predicted molar refractivity (Wildman–Crippen MR) is 159 cm³/mol. The quantitative estimate of drug-likeness (QED) is 0.194. The number of carbonyl (C=O) groups excluding carboxylic acids is 1. The van der Waals surface area contributed by atoms with Crippen LogP contribution in [-0.2, 0) is 11.2 Å². The van der Waals surface area contributed by atoms with Gasteiger partial charge in [0.05, 0.1) is 0 Å². The summed E-state index contributed by atoms with van der Waals surface area (Å²) in [5.41, 5.74) is 4.33. The SMILES string of the molecule is Cc1c(C)c2c(c(C)c1OC(=O)[C@@H]1CCCN1)CC[C@@](C)(CCC[C@H](C)CCC[C@H](C)CCCC(C)C)O2. The van der Waals surface area contributed by atoms with Crippen molar-refractivity contribution in [1.29, 1.82) is 0 Å². The van der Waals surface area contributed by atoms with Gasteiger partial charge in [0.25, 0.3) is 0 Å². The molecule has 2 aliphatic rings. The molecule has 1 fully saturated rings. The Bertz CT molecular complexity index is 917. The predicted octanol–water partition coefficient (Wildman–Crippen LogP) is 8.79. The lowest BCUT2D eigenvalue weighted by atomic mass is 9.83. The topological polar surface area (TPSA) is 47.6 Å². The summed E-state index contributed by atoms with van der Waals surface area (Å²) in [5, 5.41) is 3.26. The number of hydrogen-bond donors (Lipinski definition) is 1. The fourth-order valence-electron chi connectivity index (χ4n) is 6.47. The Morgan fingerprint density at radius 2 is 1.58 bits per heavy atom. The first kappa shape index (κ1) is 31.0. The van der Waals surface area contributed by atoms with Gasteiger partial charge < -0.3 is 14.8 Å². The van der Waals surface area contributed by atoms with Gasteiger partial charge in [0.1, 0.15) is 23.1 Å². The van der Waals surface area contributed by atoms with Crippen molar-refractivity contribution in [3.05, 3.63) is 22.3 Å². The second-order valence-electron chi connectivity index (χ2n) is 13.5. The molecular weight excluding hydrogens is 470 g/mol. The molecule has 1 aromatic carbocycles. The van der Waals surface area contributed by atoms with Crippen LogP contribution in [0.25, 0.3) is 0 Å². The summed E-state index contributed by atoms with van der Waals surface area (Å²) in [4.78, 5) is 12.7. The fraction of sp³-hybridized carbons (Fsp3) is 0.794. The van der Waals surface area contributed by atoms with Crippen LogP contribution in [-0.4, -0.2) is 24.2 Å². The van der Waals surface area contributed by atoms with Crippen molar-refractivity contribution in [2.45, 2.75) is 151 Å². The minimum absolute atomic E-state index is 0.118. The van der Waals surface area contributed by atoms with E-state index in [0.717, 1.165) is 84.6 Å². The van der Waals surface area contributed by atoms with E-state index in [1.165, 1.54) is 56.9 Å². The third-order valence-electron chi connectivity index (χ3n) is 9.39. The molecule has 1 aromatic rings. The molecule has 4 atom stereocenters. The van der Waals surface area contributed by atoms with Crippen LogP contribution in [0.1, 0.15) is 134 Å². The Balaban J connectivity index is 1.48. The Labute approximate surface area is 234 Å². The maximum absolute atomic E-state index is 12.7. The normalized spacial score (nSPS) is 22.7. The van der Waals surface area contributed by atoms with Gasteiger partial charge in [-0.3, -0.25) is 0 Å². The third kappa shape index (κ3) is 8.47. The molecule has 4 nitrogen and oxygen atoms in total. The molecule has 4 heteroatoms. The van der Waals surface area contributed by atoms with Gasteiger partial charge in [0.15, 0.2) is 0 Å². The molecule has 0 unspecified atom stereocenters. The van der Waals surface area contributed by atoms with E-state index >= 15 is 0 Å². The van der Waals surface area contributed by atoms with Gasteiger partial charge in [-0.15, -0.1) is 0 Å². The molecule has 0 saturated carbocycles. The van der Waals surface area contributed by atoms with Crippen molar-refractivity contribution < 1.29 is 14.3 Å². The lowest BCUT2D eigenvalue weighted by Crippen LogP contribution is -2.37. The van der Waals surface area contributed by atoms with Crippen molar-refractivity contribution in [2.24, 2.45) is 17.8 Å². The van der Waals surface area contributed by atoms with E-state index in [4.69, 9.17) is 9.47 Å². The van der Waals surface area contributed by atoms with E-state index in [1.807, 2.05) is 0 Å². The van der Waals surface area contributed by atoms with Crippen molar-refractivity contribution in [3.8, 4) is 11.5 Å². The number of ether oxygens (including phenoxy) is 2. The number of carbonyl (C=O) groups is 1. The molecule has 0 aromatic heterocycles. The molecule has 216 valence electrons. The van der Waals surface area contributed by atoms with Crippen LogP contribution in [0.3, 0.4) is 0 Å². The molecule has 0 amide bonds. The summed E-state index contributed by atoms with van der Waals surface area (Å²) in [6.07, 6.45) is 15.8. The van der Waals surface area contributed by atoms with Crippen LogP contribution in [0.2, 0.25) is 0 Å². The van der Waals surface area contributed by atoms with Crippen molar-refractivity contribution in [3.63, 3.8) is 0 Å². The standard InChI is InChI=1S/C34H57NO3/c1-23(2)13-9-14-24(3)15-10-16-25(4)17-11-20-34(8)21-19-29-28(7)31(26(5)27(6)32(29)38-34)37-33(36)30-18-12-22-35-30/h23-25,30,35H,9-22H2,1-8H3/t24-,25-,30+,34-/m1/s1.